The molecule has 25 heavy (non-hydrogen) atoms. The van der Waals surface area contributed by atoms with Gasteiger partial charge in [-0.05, 0) is 19.1 Å². The summed E-state index contributed by atoms with van der Waals surface area (Å²) in [5.74, 6) is -0.0560. The zero-order valence-electron chi connectivity index (χ0n) is 13.9. The Balaban J connectivity index is 1.91. The smallest absolute Gasteiger partial charge is 0.278 e. The first-order valence-corrected chi connectivity index (χ1v) is 7.48. The molecule has 0 saturated carbocycles. The normalized spacial score (nSPS) is 10.6. The molecule has 3 aromatic rings. The third-order valence-electron chi connectivity index (χ3n) is 3.48. The van der Waals surface area contributed by atoms with E-state index in [4.69, 9.17) is 4.42 Å². The number of oxazole rings is 1. The highest BCUT2D eigenvalue weighted by atomic mass is 19.1. The van der Waals surface area contributed by atoms with Crippen molar-refractivity contribution in [2.24, 2.45) is 0 Å². The van der Waals surface area contributed by atoms with E-state index in [2.05, 4.69) is 20.3 Å². The predicted molar refractivity (Wildman–Crippen MR) is 90.9 cm³/mol. The number of hydrogen-bond acceptors (Lipinski definition) is 6. The number of carbonyl (C=O) groups is 1. The Morgan fingerprint density at radius 1 is 1.28 bits per heavy atom. The van der Waals surface area contributed by atoms with Gasteiger partial charge in [0.15, 0.2) is 11.5 Å². The number of carbonyl (C=O) groups excluding carboxylic acids is 1. The molecule has 0 unspecified atom stereocenters. The number of anilines is 2. The standard InChI is InChI=1S/C17H16FN5O2/c1-10-14(22-17(25-10)11-6-4-5-7-12(11)18)16(24)21-13-8-19-9-20-15(13)23(2)3/h4-9H,1-3H3,(H,21,24). The van der Waals surface area contributed by atoms with Gasteiger partial charge in [0.05, 0.1) is 11.8 Å². The Hall–Kier alpha value is -3.29. The number of halogens is 1. The fraction of sp³-hybridized carbons (Fsp3) is 0.176. The van der Waals surface area contributed by atoms with Crippen LogP contribution in [0.5, 0.6) is 0 Å². The predicted octanol–water partition coefficient (Wildman–Crippen LogP) is 2.90. The minimum Gasteiger partial charge on any atom is -0.440 e. The van der Waals surface area contributed by atoms with Crippen LogP contribution in [-0.2, 0) is 0 Å². The van der Waals surface area contributed by atoms with Crippen LogP contribution in [0.3, 0.4) is 0 Å². The SMILES string of the molecule is Cc1oc(-c2ccccc2F)nc1C(=O)Nc1cncnc1N(C)C. The largest absolute Gasteiger partial charge is 0.440 e. The van der Waals surface area contributed by atoms with Crippen molar-refractivity contribution in [1.29, 1.82) is 0 Å². The summed E-state index contributed by atoms with van der Waals surface area (Å²) in [7, 11) is 3.60. The van der Waals surface area contributed by atoms with E-state index in [0.717, 1.165) is 0 Å². The Morgan fingerprint density at radius 3 is 2.76 bits per heavy atom. The average Bonchev–Trinajstić information content (AvgIpc) is 2.97. The number of aromatic nitrogens is 3. The van der Waals surface area contributed by atoms with Gasteiger partial charge in [0.2, 0.25) is 5.89 Å². The first-order valence-electron chi connectivity index (χ1n) is 7.48. The Bertz CT molecular complexity index is 923. The zero-order valence-corrected chi connectivity index (χ0v) is 13.9. The first-order chi connectivity index (χ1) is 12.0. The highest BCUT2D eigenvalue weighted by molar-refractivity contribution is 6.05. The van der Waals surface area contributed by atoms with Gasteiger partial charge in [0.25, 0.3) is 5.91 Å². The molecule has 0 aliphatic carbocycles. The van der Waals surface area contributed by atoms with Crippen LogP contribution in [0.15, 0.2) is 41.2 Å². The van der Waals surface area contributed by atoms with Crippen LogP contribution < -0.4 is 10.2 Å². The van der Waals surface area contributed by atoms with Crippen LogP contribution in [0.25, 0.3) is 11.5 Å². The summed E-state index contributed by atoms with van der Waals surface area (Å²) in [4.78, 5) is 26.5. The van der Waals surface area contributed by atoms with E-state index >= 15 is 0 Å². The molecule has 1 aromatic carbocycles. The molecule has 1 amide bonds. The number of nitrogens with zero attached hydrogens (tertiary/aromatic N) is 4. The van der Waals surface area contributed by atoms with Crippen molar-refractivity contribution >= 4 is 17.4 Å². The monoisotopic (exact) mass is 341 g/mol. The number of hydrogen-bond donors (Lipinski definition) is 1. The van der Waals surface area contributed by atoms with Crippen molar-refractivity contribution < 1.29 is 13.6 Å². The van der Waals surface area contributed by atoms with Crippen molar-refractivity contribution in [1.82, 2.24) is 15.0 Å². The van der Waals surface area contributed by atoms with E-state index < -0.39 is 11.7 Å². The number of nitrogens with one attached hydrogen (secondary N) is 1. The Labute approximate surface area is 143 Å². The Morgan fingerprint density at radius 2 is 2.04 bits per heavy atom. The third kappa shape index (κ3) is 3.32. The quantitative estimate of drug-likeness (QED) is 0.785. The molecule has 3 rings (SSSR count). The first kappa shape index (κ1) is 16.6. The van der Waals surface area contributed by atoms with Crippen molar-refractivity contribution in [2.45, 2.75) is 6.92 Å². The number of amides is 1. The van der Waals surface area contributed by atoms with Crippen LogP contribution >= 0.6 is 0 Å². The molecule has 0 radical (unpaired) electrons. The highest BCUT2D eigenvalue weighted by Crippen LogP contribution is 2.25. The van der Waals surface area contributed by atoms with Gasteiger partial charge < -0.3 is 14.6 Å². The molecule has 8 heteroatoms. The van der Waals surface area contributed by atoms with E-state index in [0.29, 0.717) is 17.3 Å². The lowest BCUT2D eigenvalue weighted by atomic mass is 10.2. The van der Waals surface area contributed by atoms with Crippen LogP contribution in [0.4, 0.5) is 15.9 Å². The van der Waals surface area contributed by atoms with Crippen molar-refractivity contribution in [2.75, 3.05) is 24.3 Å². The van der Waals surface area contributed by atoms with Gasteiger partial charge in [0.1, 0.15) is 23.6 Å². The summed E-state index contributed by atoms with van der Waals surface area (Å²) >= 11 is 0. The lowest BCUT2D eigenvalue weighted by molar-refractivity contribution is 0.102. The lowest BCUT2D eigenvalue weighted by Gasteiger charge is -2.15. The number of benzene rings is 1. The average molecular weight is 341 g/mol. The molecular formula is C17H16FN5O2. The molecule has 0 spiro atoms. The second kappa shape index (κ2) is 6.68. The maximum atomic E-state index is 13.9. The van der Waals surface area contributed by atoms with Gasteiger partial charge in [-0.2, -0.15) is 0 Å². The Kier molecular flexibility index (Phi) is 4.42. The fourth-order valence-corrected chi connectivity index (χ4v) is 2.31. The summed E-state index contributed by atoms with van der Waals surface area (Å²) in [6.45, 7) is 1.60. The second-order valence-electron chi connectivity index (χ2n) is 5.51. The molecule has 128 valence electrons. The van der Waals surface area contributed by atoms with Gasteiger partial charge in [-0.25, -0.2) is 19.3 Å². The van der Waals surface area contributed by atoms with Crippen LogP contribution in [-0.4, -0.2) is 35.0 Å². The summed E-state index contributed by atoms with van der Waals surface area (Å²) in [6, 6.07) is 6.08. The summed E-state index contributed by atoms with van der Waals surface area (Å²) in [6.07, 6.45) is 2.88. The lowest BCUT2D eigenvalue weighted by Crippen LogP contribution is -2.19. The van der Waals surface area contributed by atoms with E-state index in [9.17, 15) is 9.18 Å². The van der Waals surface area contributed by atoms with Crippen molar-refractivity contribution in [3.63, 3.8) is 0 Å². The molecule has 0 bridgehead atoms. The molecule has 1 N–H and O–H groups in total. The van der Waals surface area contributed by atoms with Gasteiger partial charge >= 0.3 is 0 Å². The van der Waals surface area contributed by atoms with Gasteiger partial charge in [0, 0.05) is 14.1 Å². The van der Waals surface area contributed by atoms with Crippen LogP contribution in [0, 0.1) is 12.7 Å². The summed E-state index contributed by atoms with van der Waals surface area (Å²) < 4.78 is 19.3. The molecule has 0 atom stereocenters. The minimum atomic E-state index is -0.485. The molecular weight excluding hydrogens is 325 g/mol. The van der Waals surface area contributed by atoms with Crippen LogP contribution in [0.1, 0.15) is 16.2 Å². The third-order valence-corrected chi connectivity index (χ3v) is 3.48. The highest BCUT2D eigenvalue weighted by Gasteiger charge is 2.21. The van der Waals surface area contributed by atoms with E-state index in [1.165, 1.54) is 24.7 Å². The number of aryl methyl sites for hydroxylation is 1. The zero-order chi connectivity index (χ0) is 18.0. The van der Waals surface area contributed by atoms with Crippen molar-refractivity contribution in [3.05, 3.63) is 54.1 Å². The molecule has 0 fully saturated rings. The van der Waals surface area contributed by atoms with E-state index in [1.54, 1.807) is 38.1 Å². The van der Waals surface area contributed by atoms with Gasteiger partial charge in [-0.15, -0.1) is 0 Å². The molecule has 2 aromatic heterocycles. The minimum absolute atomic E-state index is 0.0536. The summed E-state index contributed by atoms with van der Waals surface area (Å²) in [5.41, 5.74) is 0.709. The molecule has 0 aliphatic rings. The van der Waals surface area contributed by atoms with Crippen molar-refractivity contribution in [3.8, 4) is 11.5 Å². The number of rotatable bonds is 4. The molecule has 7 nitrogen and oxygen atoms in total. The van der Waals surface area contributed by atoms with Gasteiger partial charge in [-0.1, -0.05) is 12.1 Å². The summed E-state index contributed by atoms with van der Waals surface area (Å²) in [5, 5.41) is 2.71. The molecule has 0 aliphatic heterocycles. The maximum absolute atomic E-state index is 13.9. The van der Waals surface area contributed by atoms with E-state index in [1.807, 2.05) is 0 Å². The molecule has 0 saturated heterocycles. The van der Waals surface area contributed by atoms with Gasteiger partial charge in [-0.3, -0.25) is 4.79 Å². The van der Waals surface area contributed by atoms with Crippen LogP contribution in [0.2, 0.25) is 0 Å². The molecule has 2 heterocycles. The second-order valence-corrected chi connectivity index (χ2v) is 5.51. The maximum Gasteiger partial charge on any atom is 0.278 e. The topological polar surface area (TPSA) is 84.2 Å². The van der Waals surface area contributed by atoms with E-state index in [-0.39, 0.29) is 17.1 Å². The fourth-order valence-electron chi connectivity index (χ4n) is 2.31.